The van der Waals surface area contributed by atoms with Crippen LogP contribution in [0.25, 0.3) is 11.3 Å². The largest absolute Gasteiger partial charge is 0.382 e. The van der Waals surface area contributed by atoms with Gasteiger partial charge in [0.15, 0.2) is 0 Å². The summed E-state index contributed by atoms with van der Waals surface area (Å²) in [5.74, 6) is -1.19. The lowest BCUT2D eigenvalue weighted by molar-refractivity contribution is -0.121. The van der Waals surface area contributed by atoms with Crippen LogP contribution in [0.2, 0.25) is 5.02 Å². The van der Waals surface area contributed by atoms with Gasteiger partial charge in [-0.05, 0) is 12.1 Å². The van der Waals surface area contributed by atoms with Crippen LogP contribution in [0.5, 0.6) is 0 Å². The fourth-order valence-electron chi connectivity index (χ4n) is 1.84. The van der Waals surface area contributed by atoms with Crippen molar-refractivity contribution < 1.29 is 14.3 Å². The Morgan fingerprint density at radius 2 is 2.18 bits per heavy atom. The number of primary amides is 1. The molecule has 0 aliphatic rings. The molecule has 0 fully saturated rings. The number of nitrogens with zero attached hydrogens (tertiary/aromatic N) is 1. The van der Waals surface area contributed by atoms with Gasteiger partial charge in [0, 0.05) is 12.7 Å². The number of nitrogens with one attached hydrogen (secondary N) is 2. The molecule has 1 aromatic heterocycles. The number of H-pyrrole nitrogens is 1. The first-order chi connectivity index (χ1) is 10.5. The minimum Gasteiger partial charge on any atom is -0.382 e. The van der Waals surface area contributed by atoms with Gasteiger partial charge < -0.3 is 15.8 Å². The number of amides is 2. The monoisotopic (exact) mass is 322 g/mol. The molecule has 22 heavy (non-hydrogen) atoms. The van der Waals surface area contributed by atoms with Crippen molar-refractivity contribution in [3.8, 4) is 11.3 Å². The zero-order valence-corrected chi connectivity index (χ0v) is 12.6. The van der Waals surface area contributed by atoms with E-state index in [1.807, 2.05) is 6.07 Å². The molecule has 2 rings (SSSR count). The molecule has 1 unspecified atom stereocenters. The minimum atomic E-state index is -0.912. The van der Waals surface area contributed by atoms with Crippen molar-refractivity contribution >= 4 is 23.4 Å². The molecule has 2 aromatic rings. The lowest BCUT2D eigenvalue weighted by Gasteiger charge is -2.13. The summed E-state index contributed by atoms with van der Waals surface area (Å²) >= 11 is 6.08. The number of aromatic nitrogens is 2. The molecule has 7 nitrogen and oxygen atoms in total. The summed E-state index contributed by atoms with van der Waals surface area (Å²) in [5.41, 5.74) is 6.60. The molecule has 1 aromatic carbocycles. The highest BCUT2D eigenvalue weighted by Gasteiger charge is 2.20. The van der Waals surface area contributed by atoms with Crippen molar-refractivity contribution in [2.75, 3.05) is 13.7 Å². The summed E-state index contributed by atoms with van der Waals surface area (Å²) in [7, 11) is 1.41. The second-order valence-electron chi connectivity index (χ2n) is 4.53. The van der Waals surface area contributed by atoms with Crippen molar-refractivity contribution in [2.45, 2.75) is 6.04 Å². The molecular formula is C14H15ClN4O3. The maximum Gasteiger partial charge on any atom is 0.270 e. The van der Waals surface area contributed by atoms with Gasteiger partial charge in [0.05, 0.1) is 17.3 Å². The molecule has 0 bridgehead atoms. The van der Waals surface area contributed by atoms with E-state index in [-0.39, 0.29) is 12.3 Å². The third-order valence-corrected chi connectivity index (χ3v) is 3.28. The molecule has 8 heteroatoms. The first kappa shape index (κ1) is 16.0. The van der Waals surface area contributed by atoms with Gasteiger partial charge in [-0.3, -0.25) is 14.7 Å². The zero-order valence-electron chi connectivity index (χ0n) is 11.8. The number of carbonyl (C=O) groups excluding carboxylic acids is 2. The Hall–Kier alpha value is -2.38. The highest BCUT2D eigenvalue weighted by molar-refractivity contribution is 6.33. The second kappa shape index (κ2) is 7.06. The minimum absolute atomic E-state index is 0.00736. The molecule has 0 aliphatic heterocycles. The molecule has 4 N–H and O–H groups in total. The van der Waals surface area contributed by atoms with Crippen LogP contribution in [0.3, 0.4) is 0 Å². The molecular weight excluding hydrogens is 308 g/mol. The summed E-state index contributed by atoms with van der Waals surface area (Å²) in [5, 5.41) is 9.65. The maximum atomic E-state index is 12.1. The van der Waals surface area contributed by atoms with Crippen LogP contribution in [0, 0.1) is 0 Å². The molecule has 0 radical (unpaired) electrons. The van der Waals surface area contributed by atoms with Crippen molar-refractivity contribution in [3.63, 3.8) is 0 Å². The number of hydrogen-bond donors (Lipinski definition) is 3. The van der Waals surface area contributed by atoms with Gasteiger partial charge >= 0.3 is 0 Å². The number of hydrogen-bond acceptors (Lipinski definition) is 4. The Labute approximate surface area is 131 Å². The summed E-state index contributed by atoms with van der Waals surface area (Å²) in [6.07, 6.45) is 0. The number of halogens is 1. The van der Waals surface area contributed by atoms with E-state index in [4.69, 9.17) is 22.1 Å². The van der Waals surface area contributed by atoms with Crippen molar-refractivity contribution in [1.82, 2.24) is 15.5 Å². The highest BCUT2D eigenvalue weighted by atomic mass is 35.5. The topological polar surface area (TPSA) is 110 Å². The number of ether oxygens (including phenoxy) is 1. The summed E-state index contributed by atoms with van der Waals surface area (Å²) in [6.45, 7) is -0.00736. The fraction of sp³-hybridized carbons (Fsp3) is 0.214. The molecule has 116 valence electrons. The van der Waals surface area contributed by atoms with Gasteiger partial charge in [-0.1, -0.05) is 29.8 Å². The van der Waals surface area contributed by atoms with Gasteiger partial charge in [0.1, 0.15) is 11.7 Å². The van der Waals surface area contributed by atoms with Gasteiger partial charge in [0.25, 0.3) is 5.91 Å². The molecule has 1 heterocycles. The average molecular weight is 323 g/mol. The fourth-order valence-corrected chi connectivity index (χ4v) is 2.08. The van der Waals surface area contributed by atoms with E-state index in [1.54, 1.807) is 24.3 Å². The van der Waals surface area contributed by atoms with E-state index in [1.165, 1.54) is 7.11 Å². The van der Waals surface area contributed by atoms with Crippen LogP contribution in [-0.2, 0) is 9.53 Å². The standard InChI is InChI=1S/C14H15ClN4O3/c1-22-7-12(13(16)20)17-14(21)11-6-10(18-19-11)8-4-2-3-5-9(8)15/h2-6,12H,7H2,1H3,(H2,16,20)(H,17,21)(H,18,19). The van der Waals surface area contributed by atoms with Crippen LogP contribution >= 0.6 is 11.6 Å². The van der Waals surface area contributed by atoms with Crippen molar-refractivity contribution in [1.29, 1.82) is 0 Å². The normalized spacial score (nSPS) is 11.9. The Morgan fingerprint density at radius 1 is 1.45 bits per heavy atom. The number of carbonyl (C=O) groups is 2. The van der Waals surface area contributed by atoms with E-state index < -0.39 is 17.9 Å². The molecule has 0 saturated carbocycles. The van der Waals surface area contributed by atoms with Crippen molar-refractivity contribution in [3.05, 3.63) is 41.0 Å². The van der Waals surface area contributed by atoms with Crippen molar-refractivity contribution in [2.24, 2.45) is 5.73 Å². The van der Waals surface area contributed by atoms with Crippen LogP contribution in [0.1, 0.15) is 10.5 Å². The summed E-state index contributed by atoms with van der Waals surface area (Å²) in [4.78, 5) is 23.3. The molecule has 0 aliphatic carbocycles. The second-order valence-corrected chi connectivity index (χ2v) is 4.94. The predicted molar refractivity (Wildman–Crippen MR) is 81.4 cm³/mol. The third-order valence-electron chi connectivity index (χ3n) is 2.95. The Bertz CT molecular complexity index is 686. The van der Waals surface area contributed by atoms with Crippen LogP contribution < -0.4 is 11.1 Å². The lowest BCUT2D eigenvalue weighted by atomic mass is 10.1. The molecule has 1 atom stereocenters. The van der Waals surface area contributed by atoms with Gasteiger partial charge in [-0.25, -0.2) is 0 Å². The van der Waals surface area contributed by atoms with Crippen LogP contribution in [-0.4, -0.2) is 41.8 Å². The number of nitrogens with two attached hydrogens (primary N) is 1. The molecule has 0 spiro atoms. The molecule has 0 saturated heterocycles. The van der Waals surface area contributed by atoms with Gasteiger partial charge in [0.2, 0.25) is 5.91 Å². The van der Waals surface area contributed by atoms with E-state index in [0.717, 1.165) is 0 Å². The number of benzene rings is 1. The highest BCUT2D eigenvalue weighted by Crippen LogP contribution is 2.26. The maximum absolute atomic E-state index is 12.1. The smallest absolute Gasteiger partial charge is 0.270 e. The summed E-state index contributed by atoms with van der Waals surface area (Å²) in [6, 6.07) is 7.77. The van der Waals surface area contributed by atoms with Gasteiger partial charge in [-0.2, -0.15) is 5.10 Å². The van der Waals surface area contributed by atoms with E-state index in [0.29, 0.717) is 16.3 Å². The van der Waals surface area contributed by atoms with E-state index in [9.17, 15) is 9.59 Å². The predicted octanol–water partition coefficient (Wildman–Crippen LogP) is 0.960. The number of aromatic amines is 1. The third kappa shape index (κ3) is 3.63. The van der Waals surface area contributed by atoms with Gasteiger partial charge in [-0.15, -0.1) is 0 Å². The zero-order chi connectivity index (χ0) is 16.1. The Kier molecular flexibility index (Phi) is 5.13. The van der Waals surface area contributed by atoms with Crippen LogP contribution in [0.15, 0.2) is 30.3 Å². The van der Waals surface area contributed by atoms with Crippen LogP contribution in [0.4, 0.5) is 0 Å². The first-order valence-electron chi connectivity index (χ1n) is 6.42. The first-order valence-corrected chi connectivity index (χ1v) is 6.80. The average Bonchev–Trinajstić information content (AvgIpc) is 2.96. The summed E-state index contributed by atoms with van der Waals surface area (Å²) < 4.78 is 4.83. The van der Waals surface area contributed by atoms with E-state index >= 15 is 0 Å². The number of methoxy groups -OCH3 is 1. The number of rotatable bonds is 6. The SMILES string of the molecule is COCC(NC(=O)c1cc(-c2ccccc2Cl)n[nH]1)C(N)=O. The van der Waals surface area contributed by atoms with E-state index in [2.05, 4.69) is 15.5 Å². The molecule has 2 amide bonds. The quantitative estimate of drug-likeness (QED) is 0.735. The lowest BCUT2D eigenvalue weighted by Crippen LogP contribution is -2.47. The Balaban J connectivity index is 2.16. The Morgan fingerprint density at radius 3 is 2.82 bits per heavy atom.